The molecular weight excluding hydrogens is 857 g/mol. The molecule has 4 saturated heterocycles. The Labute approximate surface area is 406 Å². The number of hydrogen-bond donors (Lipinski definition) is 4. The Hall–Kier alpha value is -2.74. The number of amidine groups is 2. The number of likely N-dealkylation sites (tertiary alicyclic amines) is 2. The molecule has 8 unspecified atom stereocenters. The summed E-state index contributed by atoms with van der Waals surface area (Å²) >= 11 is 3.21. The van der Waals surface area contributed by atoms with Crippen LogP contribution in [-0.2, 0) is 9.59 Å². The van der Waals surface area contributed by atoms with Gasteiger partial charge < -0.3 is 31.1 Å². The number of thioether (sulfide) groups is 2. The minimum absolute atomic E-state index is 0.0438. The highest BCUT2D eigenvalue weighted by molar-refractivity contribution is 8.16. The first-order valence-corrected chi connectivity index (χ1v) is 27.9. The predicted octanol–water partition coefficient (Wildman–Crippen LogP) is 9.60. The smallest absolute Gasteiger partial charge is 0.242 e. The van der Waals surface area contributed by atoms with Gasteiger partial charge in [-0.3, -0.25) is 19.6 Å². The summed E-state index contributed by atoms with van der Waals surface area (Å²) in [5.74, 6) is 3.98. The third-order valence-electron chi connectivity index (χ3n) is 16.3. The van der Waals surface area contributed by atoms with Crippen molar-refractivity contribution in [2.45, 2.75) is 158 Å². The molecule has 2 amide bonds. The molecular formula is C54H82N8O2S2. The third-order valence-corrected chi connectivity index (χ3v) is 18.7. The molecule has 12 heteroatoms. The molecule has 4 aliphatic carbocycles. The van der Waals surface area contributed by atoms with Crippen molar-refractivity contribution in [2.75, 3.05) is 52.4 Å². The van der Waals surface area contributed by atoms with Crippen LogP contribution in [0.25, 0.3) is 0 Å². The molecule has 0 radical (unpaired) electrons. The van der Waals surface area contributed by atoms with Gasteiger partial charge in [-0.25, -0.2) is 0 Å². The molecule has 10 nitrogen and oxygen atoms in total. The summed E-state index contributed by atoms with van der Waals surface area (Å²) in [5, 5.41) is 15.4. The second-order valence-electron chi connectivity index (χ2n) is 21.3. The minimum atomic E-state index is -0.337. The summed E-state index contributed by atoms with van der Waals surface area (Å²) in [5.41, 5.74) is 2.84. The van der Waals surface area contributed by atoms with Crippen molar-refractivity contribution in [2.24, 2.45) is 39.6 Å². The number of benzene rings is 2. The summed E-state index contributed by atoms with van der Waals surface area (Å²) in [6.07, 6.45) is 20.0. The van der Waals surface area contributed by atoms with Gasteiger partial charge in [0.1, 0.15) is 4.75 Å². The Morgan fingerprint density at radius 3 is 1.55 bits per heavy atom. The molecule has 0 spiro atoms. The van der Waals surface area contributed by atoms with E-state index in [9.17, 15) is 9.59 Å². The number of carbonyl (C=O) groups excluding carboxylic acids is 2. The largest absolute Gasteiger partial charge is 0.309 e. The molecule has 10 rings (SSSR count). The van der Waals surface area contributed by atoms with Gasteiger partial charge in [-0.15, -0.1) is 0 Å². The second kappa shape index (κ2) is 24.2. The average molecular weight is 939 g/mol. The fraction of sp³-hybridized carbons (Fsp3) is 0.704. The predicted molar refractivity (Wildman–Crippen MR) is 277 cm³/mol. The first-order valence-electron chi connectivity index (χ1n) is 26.2. The summed E-state index contributed by atoms with van der Waals surface area (Å²) in [7, 11) is 0. The Balaban J connectivity index is 0.000000149. The van der Waals surface area contributed by atoms with E-state index in [0.717, 1.165) is 66.6 Å². The lowest BCUT2D eigenvalue weighted by Gasteiger charge is -2.32. The number of fused-ring (bicyclic) bond motifs is 4. The van der Waals surface area contributed by atoms with Crippen molar-refractivity contribution in [3.05, 3.63) is 71.8 Å². The van der Waals surface area contributed by atoms with E-state index in [4.69, 9.17) is 9.98 Å². The van der Waals surface area contributed by atoms with Crippen LogP contribution >= 0.6 is 23.5 Å². The highest BCUT2D eigenvalue weighted by Crippen LogP contribution is 2.48. The van der Waals surface area contributed by atoms with Gasteiger partial charge in [-0.1, -0.05) is 124 Å². The quantitative estimate of drug-likeness (QED) is 0.131. The summed E-state index contributed by atoms with van der Waals surface area (Å²) in [6, 6.07) is 23.9. The van der Waals surface area contributed by atoms with Crippen molar-refractivity contribution in [3.63, 3.8) is 0 Å². The maximum Gasteiger partial charge on any atom is 0.242 e. The van der Waals surface area contributed by atoms with E-state index < -0.39 is 0 Å². The Bertz CT molecular complexity index is 1840. The van der Waals surface area contributed by atoms with Crippen molar-refractivity contribution in [3.8, 4) is 0 Å². The van der Waals surface area contributed by atoms with Crippen LogP contribution < -0.4 is 21.3 Å². The van der Waals surface area contributed by atoms with Crippen LogP contribution in [-0.4, -0.2) is 106 Å². The summed E-state index contributed by atoms with van der Waals surface area (Å²) < 4.78 is -0.337. The zero-order chi connectivity index (χ0) is 45.9. The summed E-state index contributed by atoms with van der Waals surface area (Å²) in [4.78, 5) is 38.2. The molecule has 4 N–H and O–H groups in total. The van der Waals surface area contributed by atoms with Crippen LogP contribution in [0.1, 0.15) is 147 Å². The zero-order valence-electron chi connectivity index (χ0n) is 40.7. The van der Waals surface area contributed by atoms with E-state index in [-0.39, 0.29) is 21.8 Å². The van der Waals surface area contributed by atoms with Crippen LogP contribution in [0, 0.1) is 29.6 Å². The third kappa shape index (κ3) is 13.5. The van der Waals surface area contributed by atoms with Gasteiger partial charge in [0.25, 0.3) is 0 Å². The van der Waals surface area contributed by atoms with Crippen molar-refractivity contribution in [1.29, 1.82) is 0 Å². The van der Waals surface area contributed by atoms with Crippen LogP contribution in [0.4, 0.5) is 0 Å². The zero-order valence-corrected chi connectivity index (χ0v) is 42.4. The van der Waals surface area contributed by atoms with Crippen LogP contribution in [0.3, 0.4) is 0 Å². The number of amides is 2. The van der Waals surface area contributed by atoms with Crippen LogP contribution in [0.15, 0.2) is 70.6 Å². The van der Waals surface area contributed by atoms with Crippen molar-refractivity contribution in [1.82, 2.24) is 31.1 Å². The molecule has 2 aromatic rings. The second-order valence-corrected chi connectivity index (χ2v) is 24.1. The van der Waals surface area contributed by atoms with Gasteiger partial charge in [0, 0.05) is 25.2 Å². The van der Waals surface area contributed by atoms with Gasteiger partial charge in [0.05, 0.1) is 17.3 Å². The number of aliphatic imine (C=N–C) groups is 2. The molecule has 10 atom stereocenters. The number of rotatable bonds is 15. The first-order chi connectivity index (χ1) is 32.1. The van der Waals surface area contributed by atoms with E-state index in [1.54, 1.807) is 23.5 Å². The number of nitrogens with zero attached hydrogens (tertiary/aromatic N) is 4. The Morgan fingerprint density at radius 1 is 0.667 bits per heavy atom. The first kappa shape index (κ1) is 49.7. The van der Waals surface area contributed by atoms with Gasteiger partial charge in [0.15, 0.2) is 10.3 Å². The molecule has 4 heterocycles. The van der Waals surface area contributed by atoms with E-state index in [2.05, 4.69) is 106 Å². The lowest BCUT2D eigenvalue weighted by molar-refractivity contribution is -0.122. The molecule has 362 valence electrons. The van der Waals surface area contributed by atoms with Gasteiger partial charge >= 0.3 is 0 Å². The number of piperidine rings is 2. The fourth-order valence-corrected chi connectivity index (χ4v) is 13.8. The standard InChI is InChI=1S/C29H44N4.C14H22N2OS.C11H16N2OS/c1-5-14-26(15-6-1)28(24-32-20-9-3-10-21-32)30-18-13-19-31-29(27-16-7-2-8-17-27)25-33-22-11-4-12-23-33;1-8(2)14(3)12(17)16-13(18-14)15-11-7-9-4-5-10(11)6-9;1-6-10(14)13-11(15-6)12-9-5-7-2-3-8(9)4-7/h1-2,5-8,14-17,28-31H,3-4,9-13,18-25H2;8-11H,4-7H2,1-3H3,(H,15,16,17);6-9H,2-5H2,1H3,(H,12,13,14)/t28-,29?;9?,10?,11?,14-;/m00./s1. The average Bonchev–Trinajstić information content (AvgIpc) is 4.22. The monoisotopic (exact) mass is 939 g/mol. The lowest BCUT2D eigenvalue weighted by Crippen LogP contribution is -2.40. The number of carbonyl (C=O) groups is 2. The molecule has 0 aromatic heterocycles. The molecule has 4 bridgehead atoms. The minimum Gasteiger partial charge on any atom is -0.309 e. The van der Waals surface area contributed by atoms with E-state index in [0.29, 0.717) is 30.1 Å². The lowest BCUT2D eigenvalue weighted by atomic mass is 9.96. The summed E-state index contributed by atoms with van der Waals surface area (Å²) in [6.45, 7) is 17.5. The van der Waals surface area contributed by atoms with Gasteiger partial charge in [-0.2, -0.15) is 0 Å². The van der Waals surface area contributed by atoms with E-state index in [1.807, 2.05) is 13.8 Å². The Morgan fingerprint density at radius 2 is 1.15 bits per heavy atom. The molecule has 8 fully saturated rings. The number of nitrogens with one attached hydrogen (secondary N) is 4. The fourth-order valence-electron chi connectivity index (χ4n) is 11.9. The molecule has 8 aliphatic rings. The maximum absolute atomic E-state index is 12.1. The normalized spacial score (nSPS) is 32.8. The van der Waals surface area contributed by atoms with Crippen molar-refractivity contribution >= 4 is 45.7 Å². The molecule has 2 aromatic carbocycles. The van der Waals surface area contributed by atoms with Crippen LogP contribution in [0.5, 0.6) is 0 Å². The highest BCUT2D eigenvalue weighted by Gasteiger charge is 2.47. The topological polar surface area (TPSA) is 113 Å². The van der Waals surface area contributed by atoms with Gasteiger partial charge in [0.2, 0.25) is 11.8 Å². The number of hydrogen-bond acceptors (Lipinski definition) is 10. The molecule has 4 saturated carbocycles. The van der Waals surface area contributed by atoms with Gasteiger partial charge in [-0.05, 0) is 164 Å². The highest BCUT2D eigenvalue weighted by atomic mass is 32.2. The van der Waals surface area contributed by atoms with Crippen molar-refractivity contribution < 1.29 is 9.59 Å². The van der Waals surface area contributed by atoms with E-state index in [1.165, 1.54) is 127 Å². The van der Waals surface area contributed by atoms with Crippen LogP contribution in [0.2, 0.25) is 0 Å². The Kier molecular flexibility index (Phi) is 18.2. The molecule has 4 aliphatic heterocycles. The molecule has 66 heavy (non-hydrogen) atoms. The SMILES string of the molecule is CC(C)[C@]1(C)SC(=NC2CC3CCC2C3)NC1=O.CC1SC(=NC2CC3CCC2C3)NC1=O.c1ccc(C(CN2CCCCC2)NCCCN[C@@H](CN2CCCCC2)c2ccccc2)cc1. The van der Waals surface area contributed by atoms with E-state index >= 15 is 0 Å². The maximum atomic E-state index is 12.1.